The van der Waals surface area contributed by atoms with Gasteiger partial charge >= 0.3 is 0 Å². The Labute approximate surface area is 302 Å². The molecule has 0 bridgehead atoms. The van der Waals surface area contributed by atoms with Crippen LogP contribution in [0.1, 0.15) is 163 Å². The van der Waals surface area contributed by atoms with Gasteiger partial charge in [-0.3, -0.25) is 19.6 Å². The molecule has 0 saturated carbocycles. The van der Waals surface area contributed by atoms with E-state index in [0.717, 1.165) is 13.1 Å². The molecule has 3 saturated heterocycles. The van der Waals surface area contributed by atoms with Crippen LogP contribution in [-0.4, -0.2) is 98.7 Å². The molecule has 5 nitrogen and oxygen atoms in total. The molecular formula is C43H87N5. The summed E-state index contributed by atoms with van der Waals surface area (Å²) in [6, 6.07) is 4.09. The second kappa shape index (κ2) is 21.3. The van der Waals surface area contributed by atoms with E-state index in [1.807, 2.05) is 12.1 Å². The van der Waals surface area contributed by atoms with Crippen molar-refractivity contribution in [2.75, 3.05) is 52.4 Å². The molecule has 3 fully saturated rings. The second-order valence-electron chi connectivity index (χ2n) is 19.1. The van der Waals surface area contributed by atoms with Crippen LogP contribution < -0.4 is 0 Å². The third kappa shape index (κ3) is 19.9. The molecule has 1 aromatic heterocycles. The molecule has 0 radical (unpaired) electrons. The molecule has 0 atom stereocenters. The number of likely N-dealkylation sites (tertiary alicyclic amines) is 3. The van der Waals surface area contributed by atoms with Gasteiger partial charge in [0.05, 0.1) is 0 Å². The number of hydrogen-bond donors (Lipinski definition) is 0. The highest BCUT2D eigenvalue weighted by atomic mass is 15.2. The lowest BCUT2D eigenvalue weighted by Gasteiger charge is -2.38. The van der Waals surface area contributed by atoms with Crippen molar-refractivity contribution in [3.63, 3.8) is 0 Å². The summed E-state index contributed by atoms with van der Waals surface area (Å²) in [4.78, 5) is 10.1. The first-order chi connectivity index (χ1) is 21.5. The van der Waals surface area contributed by atoms with E-state index in [0.29, 0.717) is 22.2 Å². The summed E-state index contributed by atoms with van der Waals surface area (Å²) < 4.78 is 2.19. The van der Waals surface area contributed by atoms with Gasteiger partial charge in [-0.15, -0.1) is 0 Å². The first-order valence-corrected chi connectivity index (χ1v) is 19.3. The van der Waals surface area contributed by atoms with Crippen molar-refractivity contribution in [3.05, 3.63) is 36.7 Å². The quantitative estimate of drug-likeness (QED) is 0.255. The van der Waals surface area contributed by atoms with Crippen LogP contribution >= 0.6 is 0 Å². The van der Waals surface area contributed by atoms with Gasteiger partial charge in [-0.1, -0.05) is 32.4 Å². The van der Waals surface area contributed by atoms with Crippen molar-refractivity contribution in [3.8, 4) is 0 Å². The molecule has 0 spiro atoms. The maximum absolute atomic E-state index is 2.58. The molecular weight excluding hydrogens is 587 g/mol. The largest absolute Gasteiger partial charge is 0.349 e. The molecule has 5 heteroatoms. The van der Waals surface area contributed by atoms with Gasteiger partial charge in [-0.05, 0) is 194 Å². The maximum atomic E-state index is 2.58. The third-order valence-corrected chi connectivity index (χ3v) is 9.81. The Morgan fingerprint density at radius 3 is 0.750 bits per heavy atom. The molecule has 284 valence electrons. The Morgan fingerprint density at radius 2 is 0.583 bits per heavy atom. The normalized spacial score (nSPS) is 20.1. The van der Waals surface area contributed by atoms with Gasteiger partial charge in [-0.2, -0.15) is 0 Å². The summed E-state index contributed by atoms with van der Waals surface area (Å²) in [6.07, 6.45) is 19.9. The van der Waals surface area contributed by atoms with E-state index < -0.39 is 0 Å². The minimum Gasteiger partial charge on any atom is -0.349 e. The molecule has 0 amide bonds. The fraction of sp³-hybridized carbons (Fsp3) is 0.860. The van der Waals surface area contributed by atoms with E-state index in [1.54, 1.807) is 0 Å². The Morgan fingerprint density at radius 1 is 0.333 bits per heavy atom. The standard InChI is InChI=1S/2C9H19N.C8H17N.C8H15N.C8H13N.CH4/c2*1-9(2,3)10-7-5-4-6-8-10;3*1-8(2,3)9-6-4-5-7-9;/h2*4-8H2,1-3H3;4-7H2,1-3H3;4-5H,6-7H2,1-3H3;4-7H,1-3H3;1H4. The lowest BCUT2D eigenvalue weighted by atomic mass is 10.0. The van der Waals surface area contributed by atoms with E-state index in [9.17, 15) is 0 Å². The van der Waals surface area contributed by atoms with Crippen LogP contribution in [0.15, 0.2) is 36.7 Å². The summed E-state index contributed by atoms with van der Waals surface area (Å²) in [7, 11) is 0. The number of hydrogen-bond acceptors (Lipinski definition) is 4. The molecule has 0 N–H and O–H groups in total. The Bertz CT molecular complexity index is 878. The predicted octanol–water partition coefficient (Wildman–Crippen LogP) is 11.0. The molecule has 0 aromatic carbocycles. The van der Waals surface area contributed by atoms with Crippen LogP contribution in [0.25, 0.3) is 0 Å². The first kappa shape index (κ1) is 46.9. The first-order valence-electron chi connectivity index (χ1n) is 19.3. The van der Waals surface area contributed by atoms with Gasteiger partial charge in [0, 0.05) is 53.2 Å². The lowest BCUT2D eigenvalue weighted by Crippen LogP contribution is -2.44. The van der Waals surface area contributed by atoms with E-state index in [2.05, 4.69) is 153 Å². The summed E-state index contributed by atoms with van der Waals surface area (Å²) in [5.74, 6) is 0. The summed E-state index contributed by atoms with van der Waals surface area (Å²) >= 11 is 0. The number of piperidine rings is 2. The molecule has 5 rings (SSSR count). The molecule has 4 aliphatic heterocycles. The zero-order chi connectivity index (χ0) is 35.9. The molecule has 4 aliphatic rings. The number of aromatic nitrogens is 1. The van der Waals surface area contributed by atoms with Crippen molar-refractivity contribution in [1.29, 1.82) is 0 Å². The zero-order valence-corrected chi connectivity index (χ0v) is 34.5. The Balaban J connectivity index is 0.000000573. The second-order valence-corrected chi connectivity index (χ2v) is 19.1. The van der Waals surface area contributed by atoms with Crippen LogP contribution in [0.2, 0.25) is 0 Å². The topological polar surface area (TPSA) is 17.9 Å². The molecule has 0 aliphatic carbocycles. The predicted molar refractivity (Wildman–Crippen MR) is 218 cm³/mol. The smallest absolute Gasteiger partial charge is 0.0355 e. The van der Waals surface area contributed by atoms with Gasteiger partial charge in [0.1, 0.15) is 0 Å². The van der Waals surface area contributed by atoms with E-state index in [1.165, 1.54) is 90.6 Å². The summed E-state index contributed by atoms with van der Waals surface area (Å²) in [5.41, 5.74) is 1.81. The van der Waals surface area contributed by atoms with Crippen molar-refractivity contribution in [2.24, 2.45) is 0 Å². The Hall–Kier alpha value is -1.14. The van der Waals surface area contributed by atoms with Gasteiger partial charge in [0.15, 0.2) is 0 Å². The van der Waals surface area contributed by atoms with Gasteiger partial charge < -0.3 is 4.57 Å². The summed E-state index contributed by atoms with van der Waals surface area (Å²) in [6.45, 7) is 44.1. The van der Waals surface area contributed by atoms with Crippen LogP contribution in [0.4, 0.5) is 0 Å². The third-order valence-electron chi connectivity index (χ3n) is 9.81. The fourth-order valence-corrected chi connectivity index (χ4v) is 6.32. The van der Waals surface area contributed by atoms with E-state index in [-0.39, 0.29) is 13.0 Å². The van der Waals surface area contributed by atoms with Crippen molar-refractivity contribution in [2.45, 2.75) is 190 Å². The lowest BCUT2D eigenvalue weighted by molar-refractivity contribution is 0.110. The van der Waals surface area contributed by atoms with Gasteiger partial charge in [0.2, 0.25) is 0 Å². The van der Waals surface area contributed by atoms with Crippen molar-refractivity contribution < 1.29 is 0 Å². The molecule has 0 unspecified atom stereocenters. The van der Waals surface area contributed by atoms with Crippen LogP contribution in [0, 0.1) is 0 Å². The number of nitrogens with zero attached hydrogens (tertiary/aromatic N) is 5. The molecule has 1 aromatic rings. The average Bonchev–Trinajstić information content (AvgIpc) is 3.77. The van der Waals surface area contributed by atoms with Crippen LogP contribution in [-0.2, 0) is 5.54 Å². The zero-order valence-electron chi connectivity index (χ0n) is 34.5. The van der Waals surface area contributed by atoms with Crippen LogP contribution in [0.5, 0.6) is 0 Å². The highest BCUT2D eigenvalue weighted by molar-refractivity contribution is 4.99. The van der Waals surface area contributed by atoms with E-state index in [4.69, 9.17) is 0 Å². The van der Waals surface area contributed by atoms with Crippen LogP contribution in [0.3, 0.4) is 0 Å². The van der Waals surface area contributed by atoms with E-state index >= 15 is 0 Å². The average molecular weight is 674 g/mol. The Kier molecular flexibility index (Phi) is 20.8. The van der Waals surface area contributed by atoms with Gasteiger partial charge in [-0.25, -0.2) is 0 Å². The summed E-state index contributed by atoms with van der Waals surface area (Å²) in [5, 5.41) is 0. The highest BCUT2D eigenvalue weighted by Gasteiger charge is 2.24. The minimum absolute atomic E-state index is 0. The minimum atomic E-state index is 0. The van der Waals surface area contributed by atoms with Gasteiger partial charge in [0.25, 0.3) is 0 Å². The molecule has 5 heterocycles. The SMILES string of the molecule is C.CC(C)(C)N1CC=CC1.CC(C)(C)N1CCCC1.CC(C)(C)N1CCCCC1.CC(C)(C)N1CCCCC1.CC(C)(C)n1cccc1. The fourth-order valence-electron chi connectivity index (χ4n) is 6.32. The van der Waals surface area contributed by atoms with Crippen molar-refractivity contribution >= 4 is 0 Å². The monoisotopic (exact) mass is 674 g/mol. The maximum Gasteiger partial charge on any atom is 0.0355 e. The van der Waals surface area contributed by atoms with Crippen molar-refractivity contribution in [1.82, 2.24) is 24.2 Å². The molecule has 48 heavy (non-hydrogen) atoms. The highest BCUT2D eigenvalue weighted by Crippen LogP contribution is 2.21. The number of rotatable bonds is 0.